The number of fused-ring (bicyclic) bond motifs is 1. The maximum Gasteiger partial charge on any atom is 0.182 e. The van der Waals surface area contributed by atoms with E-state index in [1.165, 1.54) is 24.3 Å². The van der Waals surface area contributed by atoms with Crippen LogP contribution in [0.1, 0.15) is 0 Å². The molecule has 0 saturated heterocycles. The lowest BCUT2D eigenvalue weighted by atomic mass is 10.2. The third kappa shape index (κ3) is 2.12. The van der Waals surface area contributed by atoms with Gasteiger partial charge in [0.1, 0.15) is 5.82 Å². The van der Waals surface area contributed by atoms with Crippen LogP contribution in [-0.4, -0.2) is 9.55 Å². The number of rotatable bonds is 1. The zero-order chi connectivity index (χ0) is 14.4. The predicted octanol–water partition coefficient (Wildman–Crippen LogP) is 5.27. The topological polar surface area (TPSA) is 20.7 Å². The molecule has 2 aromatic carbocycles. The highest BCUT2D eigenvalue weighted by molar-refractivity contribution is 7.71. The minimum atomic E-state index is -0.686. The normalized spacial score (nSPS) is 11.2. The van der Waals surface area contributed by atoms with Crippen LogP contribution in [0.5, 0.6) is 0 Å². The van der Waals surface area contributed by atoms with E-state index in [0.29, 0.717) is 21.5 Å². The van der Waals surface area contributed by atoms with Crippen molar-refractivity contribution >= 4 is 46.5 Å². The number of aromatic amines is 1. The molecule has 0 spiro atoms. The summed E-state index contributed by atoms with van der Waals surface area (Å²) in [7, 11) is 0. The summed E-state index contributed by atoms with van der Waals surface area (Å²) in [5.74, 6) is -1.06. The molecule has 2 nitrogen and oxygen atoms in total. The van der Waals surface area contributed by atoms with Crippen LogP contribution in [0.15, 0.2) is 30.3 Å². The highest BCUT2D eigenvalue weighted by atomic mass is 35.5. The van der Waals surface area contributed by atoms with Crippen molar-refractivity contribution in [2.45, 2.75) is 0 Å². The SMILES string of the molecule is Fc1ccc2c(c1)[nH]c(=S)n2-c1cc(Cl)c(F)c(Cl)c1. The molecule has 3 aromatic rings. The number of aromatic nitrogens is 2. The van der Waals surface area contributed by atoms with Crippen LogP contribution in [-0.2, 0) is 0 Å². The molecule has 20 heavy (non-hydrogen) atoms. The summed E-state index contributed by atoms with van der Waals surface area (Å²) >= 11 is 16.8. The Kier molecular flexibility index (Phi) is 3.28. The predicted molar refractivity (Wildman–Crippen MR) is 78.4 cm³/mol. The second-order valence-electron chi connectivity index (χ2n) is 4.15. The van der Waals surface area contributed by atoms with Crippen LogP contribution in [0, 0.1) is 16.4 Å². The molecule has 7 heteroatoms. The molecule has 102 valence electrons. The standard InChI is InChI=1S/C13H6Cl2F2N2S/c14-8-4-7(5-9(15)12(8)17)19-11-2-1-6(16)3-10(11)18-13(19)20/h1-5H,(H,18,20). The Hall–Kier alpha value is -1.43. The quantitative estimate of drug-likeness (QED) is 0.476. The highest BCUT2D eigenvalue weighted by Gasteiger charge is 2.12. The molecule has 3 rings (SSSR count). The zero-order valence-electron chi connectivity index (χ0n) is 9.75. The molecule has 0 amide bonds. The molecule has 0 aliphatic carbocycles. The summed E-state index contributed by atoms with van der Waals surface area (Å²) in [5, 5.41) is -0.211. The smallest absolute Gasteiger partial charge is 0.182 e. The van der Waals surface area contributed by atoms with Gasteiger partial charge in [-0.2, -0.15) is 0 Å². The highest BCUT2D eigenvalue weighted by Crippen LogP contribution is 2.29. The summed E-state index contributed by atoms with van der Waals surface area (Å²) in [6.07, 6.45) is 0. The van der Waals surface area contributed by atoms with E-state index in [2.05, 4.69) is 4.98 Å². The molecule has 0 bridgehead atoms. The van der Waals surface area contributed by atoms with Crippen molar-refractivity contribution in [3.8, 4) is 5.69 Å². The molecule has 0 atom stereocenters. The van der Waals surface area contributed by atoms with Gasteiger partial charge in [0.25, 0.3) is 0 Å². The van der Waals surface area contributed by atoms with Gasteiger partial charge >= 0.3 is 0 Å². The van der Waals surface area contributed by atoms with Crippen LogP contribution < -0.4 is 0 Å². The van der Waals surface area contributed by atoms with Gasteiger partial charge in [-0.3, -0.25) is 4.57 Å². The number of nitrogens with one attached hydrogen (secondary N) is 1. The summed E-state index contributed by atoms with van der Waals surface area (Å²) in [5.41, 5.74) is 1.69. The van der Waals surface area contributed by atoms with E-state index in [0.717, 1.165) is 0 Å². The van der Waals surface area contributed by atoms with Crippen LogP contribution >= 0.6 is 35.4 Å². The molecule has 1 N–H and O–H groups in total. The van der Waals surface area contributed by atoms with Crippen molar-refractivity contribution in [2.75, 3.05) is 0 Å². The molecule has 0 aliphatic rings. The molecule has 0 radical (unpaired) electrons. The van der Waals surface area contributed by atoms with Gasteiger partial charge in [0.05, 0.1) is 26.8 Å². The third-order valence-electron chi connectivity index (χ3n) is 2.87. The Bertz CT molecular complexity index is 863. The summed E-state index contributed by atoms with van der Waals surface area (Å²) in [6, 6.07) is 7.04. The molecule has 1 heterocycles. The third-order valence-corrected chi connectivity index (χ3v) is 3.71. The number of nitrogens with zero attached hydrogens (tertiary/aromatic N) is 1. The number of hydrogen-bond acceptors (Lipinski definition) is 1. The number of imidazole rings is 1. The fourth-order valence-electron chi connectivity index (χ4n) is 2.01. The maximum atomic E-state index is 13.5. The lowest BCUT2D eigenvalue weighted by Crippen LogP contribution is -1.95. The molecule has 0 saturated carbocycles. The van der Waals surface area contributed by atoms with E-state index in [1.54, 1.807) is 10.6 Å². The Morgan fingerprint density at radius 2 is 1.70 bits per heavy atom. The first-order valence-electron chi connectivity index (χ1n) is 5.52. The van der Waals surface area contributed by atoms with Gasteiger partial charge in [0.15, 0.2) is 10.6 Å². The lowest BCUT2D eigenvalue weighted by Gasteiger charge is -2.07. The van der Waals surface area contributed by atoms with E-state index in [-0.39, 0.29) is 15.9 Å². The Morgan fingerprint density at radius 1 is 1.05 bits per heavy atom. The van der Waals surface area contributed by atoms with E-state index < -0.39 is 5.82 Å². The summed E-state index contributed by atoms with van der Waals surface area (Å²) in [4.78, 5) is 2.88. The van der Waals surface area contributed by atoms with Gasteiger partial charge in [-0.1, -0.05) is 23.2 Å². The van der Waals surface area contributed by atoms with Crippen LogP contribution in [0.25, 0.3) is 16.7 Å². The average Bonchev–Trinajstić information content (AvgIpc) is 2.70. The van der Waals surface area contributed by atoms with Gasteiger partial charge in [0.2, 0.25) is 0 Å². The fourth-order valence-corrected chi connectivity index (χ4v) is 2.80. The van der Waals surface area contributed by atoms with Gasteiger partial charge < -0.3 is 4.98 Å². The van der Waals surface area contributed by atoms with Gasteiger partial charge in [-0.05, 0) is 42.5 Å². The number of H-pyrrole nitrogens is 1. The monoisotopic (exact) mass is 330 g/mol. The minimum absolute atomic E-state index is 0.106. The van der Waals surface area contributed by atoms with Crippen molar-refractivity contribution in [1.29, 1.82) is 0 Å². The number of halogens is 4. The maximum absolute atomic E-state index is 13.5. The minimum Gasteiger partial charge on any atom is -0.330 e. The largest absolute Gasteiger partial charge is 0.330 e. The Morgan fingerprint density at radius 3 is 2.35 bits per heavy atom. The first kappa shape index (κ1) is 13.5. The van der Waals surface area contributed by atoms with Crippen molar-refractivity contribution in [1.82, 2.24) is 9.55 Å². The summed E-state index contributed by atoms with van der Waals surface area (Å²) < 4.78 is 28.6. The second-order valence-corrected chi connectivity index (χ2v) is 5.35. The van der Waals surface area contributed by atoms with E-state index >= 15 is 0 Å². The van der Waals surface area contributed by atoms with Crippen LogP contribution in [0.3, 0.4) is 0 Å². The van der Waals surface area contributed by atoms with E-state index in [9.17, 15) is 8.78 Å². The molecule has 0 fully saturated rings. The molecular weight excluding hydrogens is 325 g/mol. The molecule has 0 aliphatic heterocycles. The lowest BCUT2D eigenvalue weighted by molar-refractivity contribution is 0.628. The Labute approximate surface area is 127 Å². The zero-order valence-corrected chi connectivity index (χ0v) is 12.1. The number of hydrogen-bond donors (Lipinski definition) is 1. The van der Waals surface area contributed by atoms with Crippen LogP contribution in [0.2, 0.25) is 10.0 Å². The molecule has 1 aromatic heterocycles. The van der Waals surface area contributed by atoms with Crippen molar-refractivity contribution < 1.29 is 8.78 Å². The molecule has 0 unspecified atom stereocenters. The first-order valence-corrected chi connectivity index (χ1v) is 6.69. The molecular formula is C13H6Cl2F2N2S. The Balaban J connectivity index is 2.35. The van der Waals surface area contributed by atoms with Crippen molar-refractivity contribution in [3.63, 3.8) is 0 Å². The van der Waals surface area contributed by atoms with Crippen molar-refractivity contribution in [3.05, 3.63) is 56.8 Å². The fraction of sp³-hybridized carbons (Fsp3) is 0. The average molecular weight is 331 g/mol. The van der Waals surface area contributed by atoms with Crippen molar-refractivity contribution in [2.24, 2.45) is 0 Å². The van der Waals surface area contributed by atoms with Crippen LogP contribution in [0.4, 0.5) is 8.78 Å². The van der Waals surface area contributed by atoms with E-state index in [4.69, 9.17) is 35.4 Å². The van der Waals surface area contributed by atoms with Gasteiger partial charge in [-0.25, -0.2) is 8.78 Å². The van der Waals surface area contributed by atoms with Gasteiger partial charge in [0, 0.05) is 0 Å². The van der Waals surface area contributed by atoms with Gasteiger partial charge in [-0.15, -0.1) is 0 Å². The first-order chi connectivity index (χ1) is 9.47. The second kappa shape index (κ2) is 4.84. The number of benzene rings is 2. The van der Waals surface area contributed by atoms with E-state index in [1.807, 2.05) is 0 Å². The summed E-state index contributed by atoms with van der Waals surface area (Å²) in [6.45, 7) is 0.